The van der Waals surface area contributed by atoms with Gasteiger partial charge in [0, 0.05) is 37.3 Å². The van der Waals surface area contributed by atoms with E-state index in [2.05, 4.69) is 46.7 Å². The Balaban J connectivity index is 1.73. The van der Waals surface area contributed by atoms with Crippen molar-refractivity contribution in [2.24, 2.45) is 5.92 Å². The van der Waals surface area contributed by atoms with Crippen LogP contribution in [-0.4, -0.2) is 23.2 Å². The fourth-order valence-corrected chi connectivity index (χ4v) is 3.63. The lowest BCUT2D eigenvalue weighted by atomic mass is 9.79. The molecule has 0 fully saturated rings. The number of allylic oxidation sites excluding steroid dienone is 3. The first kappa shape index (κ1) is 15.9. The highest BCUT2D eigenvalue weighted by Gasteiger charge is 2.22. The number of rotatable bonds is 3. The summed E-state index contributed by atoms with van der Waals surface area (Å²) in [6, 6.07) is 11.7. The number of hydrogen-bond acceptors (Lipinski definition) is 3. The predicted molar refractivity (Wildman–Crippen MR) is 101 cm³/mol. The van der Waals surface area contributed by atoms with E-state index in [4.69, 9.17) is 0 Å². The van der Waals surface area contributed by atoms with E-state index in [-0.39, 0.29) is 0 Å². The molecule has 1 aliphatic carbocycles. The van der Waals surface area contributed by atoms with Crippen LogP contribution in [0.2, 0.25) is 0 Å². The van der Waals surface area contributed by atoms with Gasteiger partial charge < -0.3 is 10.4 Å². The van der Waals surface area contributed by atoms with E-state index in [9.17, 15) is 5.11 Å². The Bertz CT molecular complexity index is 836. The highest BCUT2D eigenvalue weighted by molar-refractivity contribution is 5.72. The normalized spacial score (nSPS) is 23.0. The number of pyridine rings is 1. The number of benzene rings is 1. The van der Waals surface area contributed by atoms with Gasteiger partial charge in [0.25, 0.3) is 0 Å². The van der Waals surface area contributed by atoms with Crippen LogP contribution in [0.4, 0.5) is 0 Å². The van der Waals surface area contributed by atoms with Gasteiger partial charge in [-0.2, -0.15) is 0 Å². The molecule has 126 valence electrons. The van der Waals surface area contributed by atoms with Crippen LogP contribution in [0.1, 0.15) is 23.5 Å². The van der Waals surface area contributed by atoms with Gasteiger partial charge in [-0.1, -0.05) is 42.5 Å². The van der Waals surface area contributed by atoms with Crippen molar-refractivity contribution in [1.82, 2.24) is 10.3 Å². The lowest BCUT2D eigenvalue weighted by Crippen LogP contribution is -2.27. The second-order valence-electron chi connectivity index (χ2n) is 6.68. The fourth-order valence-electron chi connectivity index (χ4n) is 3.63. The summed E-state index contributed by atoms with van der Waals surface area (Å²) in [5.74, 6) is 1.01. The minimum Gasteiger partial charge on any atom is -0.508 e. The molecule has 2 N–H and O–H groups in total. The van der Waals surface area contributed by atoms with E-state index >= 15 is 0 Å². The zero-order valence-electron chi connectivity index (χ0n) is 14.1. The lowest BCUT2D eigenvalue weighted by molar-refractivity contribution is 0.475. The molecule has 0 radical (unpaired) electrons. The van der Waals surface area contributed by atoms with E-state index in [1.807, 2.05) is 30.6 Å². The zero-order valence-corrected chi connectivity index (χ0v) is 14.1. The predicted octanol–water partition coefficient (Wildman–Crippen LogP) is 4.06. The van der Waals surface area contributed by atoms with E-state index in [1.54, 1.807) is 6.07 Å². The summed E-state index contributed by atoms with van der Waals surface area (Å²) in [4.78, 5) is 4.29. The van der Waals surface area contributed by atoms with Gasteiger partial charge in [0.1, 0.15) is 5.75 Å². The van der Waals surface area contributed by atoms with E-state index < -0.39 is 0 Å². The average Bonchev–Trinajstić information content (AvgIpc) is 2.69. The maximum Gasteiger partial charge on any atom is 0.116 e. The molecule has 2 atom stereocenters. The molecule has 1 aliphatic heterocycles. The van der Waals surface area contributed by atoms with Gasteiger partial charge >= 0.3 is 0 Å². The molecular formula is C22H22N2O. The molecule has 0 spiro atoms. The number of nitrogens with zero attached hydrogens (tertiary/aromatic N) is 1. The van der Waals surface area contributed by atoms with Crippen molar-refractivity contribution < 1.29 is 5.11 Å². The van der Waals surface area contributed by atoms with Gasteiger partial charge in [0.05, 0.1) is 0 Å². The second kappa shape index (κ2) is 7.08. The van der Waals surface area contributed by atoms with Crippen molar-refractivity contribution >= 4 is 5.57 Å². The molecule has 1 aromatic heterocycles. The van der Waals surface area contributed by atoms with Crippen LogP contribution in [0.3, 0.4) is 0 Å². The van der Waals surface area contributed by atoms with E-state index in [0.29, 0.717) is 17.6 Å². The summed E-state index contributed by atoms with van der Waals surface area (Å²) in [5.41, 5.74) is 4.92. The first-order chi connectivity index (χ1) is 12.3. The molecular weight excluding hydrogens is 308 g/mol. The minimum absolute atomic E-state index is 0.307. The van der Waals surface area contributed by atoms with Gasteiger partial charge in [0.15, 0.2) is 0 Å². The zero-order chi connectivity index (χ0) is 17.1. The van der Waals surface area contributed by atoms with Crippen LogP contribution in [0.5, 0.6) is 5.75 Å². The van der Waals surface area contributed by atoms with E-state index in [0.717, 1.165) is 25.1 Å². The molecule has 3 nitrogen and oxygen atoms in total. The number of phenols is 1. The minimum atomic E-state index is 0.307. The second-order valence-corrected chi connectivity index (χ2v) is 6.68. The Labute approximate surface area is 148 Å². The third-order valence-corrected chi connectivity index (χ3v) is 4.93. The molecule has 0 saturated heterocycles. The SMILES string of the molecule is Oc1cccc(C2=CC(C3C=CCNC3)=CC(c3cccnc3)C2)c1. The van der Waals surface area contributed by atoms with Gasteiger partial charge in [-0.3, -0.25) is 4.98 Å². The topological polar surface area (TPSA) is 45.1 Å². The summed E-state index contributed by atoms with van der Waals surface area (Å²) in [6.45, 7) is 1.91. The van der Waals surface area contributed by atoms with Gasteiger partial charge in [-0.25, -0.2) is 0 Å². The monoisotopic (exact) mass is 330 g/mol. The van der Waals surface area contributed by atoms with Crippen LogP contribution < -0.4 is 5.32 Å². The molecule has 3 heteroatoms. The van der Waals surface area contributed by atoms with Gasteiger partial charge in [0.2, 0.25) is 0 Å². The molecule has 0 saturated carbocycles. The van der Waals surface area contributed by atoms with Gasteiger partial charge in [-0.05, 0) is 46.9 Å². The van der Waals surface area contributed by atoms with E-state index in [1.165, 1.54) is 16.7 Å². The Kier molecular flexibility index (Phi) is 4.49. The van der Waals surface area contributed by atoms with Crippen LogP contribution >= 0.6 is 0 Å². The van der Waals surface area contributed by atoms with Crippen LogP contribution in [0.15, 0.2) is 78.7 Å². The Morgan fingerprint density at radius 2 is 2.08 bits per heavy atom. The summed E-state index contributed by atoms with van der Waals surface area (Å²) >= 11 is 0. The number of phenolic OH excluding ortho intramolecular Hbond substituents is 1. The van der Waals surface area contributed by atoms with Crippen molar-refractivity contribution in [3.63, 3.8) is 0 Å². The summed E-state index contributed by atoms with van der Waals surface area (Å²) in [5, 5.41) is 13.3. The average molecular weight is 330 g/mol. The lowest BCUT2D eigenvalue weighted by Gasteiger charge is -2.27. The van der Waals surface area contributed by atoms with Crippen molar-refractivity contribution in [1.29, 1.82) is 0 Å². The third-order valence-electron chi connectivity index (χ3n) is 4.93. The first-order valence-corrected chi connectivity index (χ1v) is 8.78. The molecule has 0 bridgehead atoms. The molecule has 25 heavy (non-hydrogen) atoms. The van der Waals surface area contributed by atoms with Crippen LogP contribution in [0.25, 0.3) is 5.57 Å². The maximum atomic E-state index is 9.87. The van der Waals surface area contributed by atoms with Gasteiger partial charge in [-0.15, -0.1) is 0 Å². The standard InChI is InChI=1S/C22H22N2O/c25-22-7-1-4-16(13-22)19-10-20(17-5-2-8-23-14-17)12-21(11-19)18-6-3-9-24-15-18/h1-8,11-14,18,20,24-25H,9-10,15H2. The maximum absolute atomic E-state index is 9.87. The summed E-state index contributed by atoms with van der Waals surface area (Å²) < 4.78 is 0. The van der Waals surface area contributed by atoms with Crippen LogP contribution in [-0.2, 0) is 0 Å². The number of hydrogen-bond donors (Lipinski definition) is 2. The highest BCUT2D eigenvalue weighted by atomic mass is 16.3. The molecule has 2 aromatic rings. The number of aromatic hydroxyl groups is 1. The Hall–Kier alpha value is -2.65. The number of nitrogens with one attached hydrogen (secondary N) is 1. The molecule has 0 amide bonds. The Morgan fingerprint density at radius 1 is 1.12 bits per heavy atom. The van der Waals surface area contributed by atoms with Crippen molar-refractivity contribution in [3.05, 3.63) is 89.8 Å². The first-order valence-electron chi connectivity index (χ1n) is 8.78. The smallest absolute Gasteiger partial charge is 0.116 e. The third kappa shape index (κ3) is 3.57. The summed E-state index contributed by atoms with van der Waals surface area (Å²) in [6.07, 6.45) is 13.9. The van der Waals surface area contributed by atoms with Crippen molar-refractivity contribution in [2.75, 3.05) is 13.1 Å². The molecule has 4 rings (SSSR count). The molecule has 2 aliphatic rings. The largest absolute Gasteiger partial charge is 0.508 e. The van der Waals surface area contributed by atoms with Crippen molar-refractivity contribution in [2.45, 2.75) is 12.3 Å². The molecule has 2 unspecified atom stereocenters. The fraction of sp³-hybridized carbons (Fsp3) is 0.227. The molecule has 2 heterocycles. The summed E-state index contributed by atoms with van der Waals surface area (Å²) in [7, 11) is 0. The van der Waals surface area contributed by atoms with Crippen molar-refractivity contribution in [3.8, 4) is 5.75 Å². The number of aromatic nitrogens is 1. The quantitative estimate of drug-likeness (QED) is 0.834. The molecule has 1 aromatic carbocycles. The Morgan fingerprint density at radius 3 is 2.84 bits per heavy atom. The highest BCUT2D eigenvalue weighted by Crippen LogP contribution is 2.38. The van der Waals surface area contributed by atoms with Crippen LogP contribution in [0, 0.1) is 5.92 Å².